The Morgan fingerprint density at radius 3 is 2.64 bits per heavy atom. The minimum Gasteiger partial charge on any atom is -0.351 e. The lowest BCUT2D eigenvalue weighted by Crippen LogP contribution is -2.51. The molecule has 4 saturated carbocycles. The van der Waals surface area contributed by atoms with Crippen molar-refractivity contribution in [1.29, 1.82) is 0 Å². The Morgan fingerprint density at radius 2 is 2.00 bits per heavy atom. The summed E-state index contributed by atoms with van der Waals surface area (Å²) < 4.78 is 0. The van der Waals surface area contributed by atoms with Crippen LogP contribution in [-0.2, 0) is 4.79 Å². The summed E-state index contributed by atoms with van der Waals surface area (Å²) >= 11 is 0. The van der Waals surface area contributed by atoms with E-state index in [-0.39, 0.29) is 6.04 Å². The second-order valence-electron chi connectivity index (χ2n) is 9.27. The first kappa shape index (κ1) is 21.2. The van der Waals surface area contributed by atoms with Crippen molar-refractivity contribution < 1.29 is 4.79 Å². The molecule has 28 heavy (non-hydrogen) atoms. The van der Waals surface area contributed by atoms with Crippen LogP contribution in [0.1, 0.15) is 65.7 Å². The van der Waals surface area contributed by atoms with Gasteiger partial charge in [0.1, 0.15) is 0 Å². The van der Waals surface area contributed by atoms with Crippen LogP contribution in [-0.4, -0.2) is 36.0 Å². The fourth-order valence-electron chi connectivity index (χ4n) is 6.13. The predicted octanol–water partition coefficient (Wildman–Crippen LogP) is 4.55. The highest BCUT2D eigenvalue weighted by molar-refractivity contribution is 5.82. The number of allylic oxidation sites excluding steroid dienone is 3. The van der Waals surface area contributed by atoms with Gasteiger partial charge in [-0.05, 0) is 89.5 Å². The molecule has 1 aliphatic heterocycles. The van der Waals surface area contributed by atoms with Crippen molar-refractivity contribution in [2.45, 2.75) is 77.8 Å². The Morgan fingerprint density at radius 1 is 1.21 bits per heavy atom. The maximum absolute atomic E-state index is 12.9. The SMILES string of the molecule is C#CC/C=C\C.C/C=C(\C)CN1CCCC1C(=O)NC1C2CC3CC(C2)C1C3. The zero-order valence-electron chi connectivity index (χ0n) is 18.0. The first-order valence-corrected chi connectivity index (χ1v) is 11.3. The summed E-state index contributed by atoms with van der Waals surface area (Å²) in [5.74, 6) is 6.32. The molecule has 154 valence electrons. The topological polar surface area (TPSA) is 32.3 Å². The maximum atomic E-state index is 12.9. The number of hydrogen-bond donors (Lipinski definition) is 1. The summed E-state index contributed by atoms with van der Waals surface area (Å²) in [4.78, 5) is 15.2. The van der Waals surface area contributed by atoms with Gasteiger partial charge >= 0.3 is 0 Å². The molecule has 0 aromatic carbocycles. The van der Waals surface area contributed by atoms with E-state index in [1.165, 1.54) is 31.3 Å². The molecular weight excluding hydrogens is 344 g/mol. The maximum Gasteiger partial charge on any atom is 0.237 e. The number of rotatable bonds is 5. The molecule has 1 N–H and O–H groups in total. The first-order chi connectivity index (χ1) is 13.6. The molecule has 0 spiro atoms. The van der Waals surface area contributed by atoms with Gasteiger partial charge in [-0.1, -0.05) is 23.8 Å². The Balaban J connectivity index is 0.000000330. The average molecular weight is 383 g/mol. The highest BCUT2D eigenvalue weighted by Crippen LogP contribution is 2.58. The molecule has 4 aliphatic carbocycles. The van der Waals surface area contributed by atoms with Crippen molar-refractivity contribution in [2.75, 3.05) is 13.1 Å². The van der Waals surface area contributed by atoms with E-state index in [0.29, 0.717) is 11.9 Å². The quantitative estimate of drug-likeness (QED) is 0.559. The van der Waals surface area contributed by atoms with Crippen LogP contribution in [0, 0.1) is 36.0 Å². The van der Waals surface area contributed by atoms with Crippen LogP contribution in [0.3, 0.4) is 0 Å². The van der Waals surface area contributed by atoms with Crippen LogP contribution in [0.15, 0.2) is 23.8 Å². The van der Waals surface area contributed by atoms with E-state index >= 15 is 0 Å². The normalized spacial score (nSPS) is 36.4. The fraction of sp³-hybridized carbons (Fsp3) is 0.720. The Hall–Kier alpha value is -1.53. The third-order valence-corrected chi connectivity index (χ3v) is 7.45. The molecule has 0 aromatic rings. The van der Waals surface area contributed by atoms with Gasteiger partial charge < -0.3 is 5.32 Å². The number of terminal acetylenes is 1. The number of carbonyl (C=O) groups is 1. The molecule has 5 rings (SSSR count). The highest BCUT2D eigenvalue weighted by Gasteiger charge is 2.54. The lowest BCUT2D eigenvalue weighted by Gasteiger charge is -2.34. The monoisotopic (exact) mass is 382 g/mol. The molecule has 5 fully saturated rings. The van der Waals surface area contributed by atoms with E-state index in [2.05, 4.69) is 36.1 Å². The summed E-state index contributed by atoms with van der Waals surface area (Å²) in [7, 11) is 0. The molecule has 3 nitrogen and oxygen atoms in total. The van der Waals surface area contributed by atoms with E-state index in [4.69, 9.17) is 6.42 Å². The molecule has 1 saturated heterocycles. The number of nitrogens with zero attached hydrogens (tertiary/aromatic N) is 1. The van der Waals surface area contributed by atoms with Crippen molar-refractivity contribution in [3.8, 4) is 12.3 Å². The van der Waals surface area contributed by atoms with Gasteiger partial charge in [0.25, 0.3) is 0 Å². The van der Waals surface area contributed by atoms with Crippen LogP contribution in [0.4, 0.5) is 0 Å². The van der Waals surface area contributed by atoms with Crippen molar-refractivity contribution in [2.24, 2.45) is 23.7 Å². The van der Waals surface area contributed by atoms with Gasteiger partial charge in [-0.2, -0.15) is 0 Å². The first-order valence-electron chi connectivity index (χ1n) is 11.3. The fourth-order valence-corrected chi connectivity index (χ4v) is 6.13. The second kappa shape index (κ2) is 9.79. The summed E-state index contributed by atoms with van der Waals surface area (Å²) in [5.41, 5.74) is 1.37. The lowest BCUT2D eigenvalue weighted by molar-refractivity contribution is -0.126. The van der Waals surface area contributed by atoms with Crippen molar-refractivity contribution >= 4 is 5.91 Å². The van der Waals surface area contributed by atoms with Crippen molar-refractivity contribution in [3.05, 3.63) is 23.8 Å². The van der Waals surface area contributed by atoms with Crippen LogP contribution in [0.25, 0.3) is 0 Å². The molecule has 1 amide bonds. The summed E-state index contributed by atoms with van der Waals surface area (Å²) in [6, 6.07) is 0.618. The molecular formula is C25H38N2O. The largest absolute Gasteiger partial charge is 0.351 e. The lowest BCUT2D eigenvalue weighted by atomic mass is 9.79. The number of likely N-dealkylation sites (tertiary alicyclic amines) is 1. The van der Waals surface area contributed by atoms with Gasteiger partial charge in [-0.3, -0.25) is 9.69 Å². The number of nitrogens with one attached hydrogen (secondary N) is 1. The van der Waals surface area contributed by atoms with Gasteiger partial charge in [0.2, 0.25) is 5.91 Å². The summed E-state index contributed by atoms with van der Waals surface area (Å²) in [6.07, 6.45) is 19.5. The standard InChI is InChI=1S/C19H30N2O.C6H8/c1-3-12(2)11-21-6-4-5-17(21)19(22)20-18-15-8-13-7-14(10-15)16(18)9-13;1-3-5-6-4-2/h3,13-18H,4-11H2,1-2H3,(H,20,22);1,4,6H,5H2,2H3/b12-3+;6-4-. The zero-order valence-corrected chi connectivity index (χ0v) is 18.0. The van der Waals surface area contributed by atoms with Crippen LogP contribution >= 0.6 is 0 Å². The van der Waals surface area contributed by atoms with Gasteiger partial charge in [-0.15, -0.1) is 12.3 Å². The third kappa shape index (κ3) is 4.71. The smallest absolute Gasteiger partial charge is 0.237 e. The number of hydrogen-bond acceptors (Lipinski definition) is 2. The van der Waals surface area contributed by atoms with E-state index in [9.17, 15) is 4.79 Å². The Bertz CT molecular complexity index is 639. The minimum atomic E-state index is 0.117. The highest BCUT2D eigenvalue weighted by atomic mass is 16.2. The number of carbonyl (C=O) groups excluding carboxylic acids is 1. The van der Waals surface area contributed by atoms with E-state index in [1.54, 1.807) is 0 Å². The van der Waals surface area contributed by atoms with Crippen LogP contribution < -0.4 is 5.32 Å². The van der Waals surface area contributed by atoms with Crippen LogP contribution in [0.5, 0.6) is 0 Å². The Kier molecular flexibility index (Phi) is 7.41. The third-order valence-electron chi connectivity index (χ3n) is 7.45. The van der Waals surface area contributed by atoms with Crippen molar-refractivity contribution in [3.63, 3.8) is 0 Å². The van der Waals surface area contributed by atoms with E-state index in [1.807, 2.05) is 19.1 Å². The van der Waals surface area contributed by atoms with Gasteiger partial charge in [0.15, 0.2) is 0 Å². The minimum absolute atomic E-state index is 0.117. The van der Waals surface area contributed by atoms with Gasteiger partial charge in [0.05, 0.1) is 6.04 Å². The van der Waals surface area contributed by atoms with Gasteiger partial charge in [-0.25, -0.2) is 0 Å². The summed E-state index contributed by atoms with van der Waals surface area (Å²) in [5, 5.41) is 3.50. The molecule has 6 atom stereocenters. The molecule has 4 bridgehead atoms. The van der Waals surface area contributed by atoms with E-state index < -0.39 is 0 Å². The molecule has 1 heterocycles. The molecule has 5 aliphatic rings. The predicted molar refractivity (Wildman–Crippen MR) is 117 cm³/mol. The molecule has 0 aromatic heterocycles. The van der Waals surface area contributed by atoms with E-state index in [0.717, 1.165) is 56.0 Å². The molecule has 0 radical (unpaired) electrons. The number of amides is 1. The molecule has 6 unspecified atom stereocenters. The van der Waals surface area contributed by atoms with Gasteiger partial charge in [0, 0.05) is 19.0 Å². The second-order valence-corrected chi connectivity index (χ2v) is 9.27. The molecule has 3 heteroatoms. The van der Waals surface area contributed by atoms with Crippen molar-refractivity contribution in [1.82, 2.24) is 10.2 Å². The summed E-state index contributed by atoms with van der Waals surface area (Å²) in [6.45, 7) is 8.24. The Labute approximate surface area is 172 Å². The van der Waals surface area contributed by atoms with Crippen LogP contribution in [0.2, 0.25) is 0 Å². The average Bonchev–Trinajstić information content (AvgIpc) is 3.33. The zero-order chi connectivity index (χ0) is 20.1.